The number of nitrogens with one attached hydrogen (secondary N) is 3. The smallest absolute Gasteiger partial charge is 0.238 e. The fraction of sp³-hybridized carbons (Fsp3) is 0.714. The number of carbonyl (C=O) groups is 2. The van der Waals surface area contributed by atoms with E-state index >= 15 is 0 Å². The molecule has 0 aromatic heterocycles. The van der Waals surface area contributed by atoms with Crippen LogP contribution >= 0.6 is 11.8 Å². The molecule has 34 heavy (non-hydrogen) atoms. The van der Waals surface area contributed by atoms with Crippen molar-refractivity contribution < 1.29 is 9.59 Å². The first-order valence-electron chi connectivity index (χ1n) is 13.6. The van der Waals surface area contributed by atoms with Crippen molar-refractivity contribution in [2.75, 3.05) is 17.6 Å². The van der Waals surface area contributed by atoms with Gasteiger partial charge in [-0.3, -0.25) is 14.9 Å². The summed E-state index contributed by atoms with van der Waals surface area (Å²) < 4.78 is 0. The molecule has 1 unspecified atom stereocenters. The van der Waals surface area contributed by atoms with Gasteiger partial charge in [0.1, 0.15) is 0 Å². The van der Waals surface area contributed by atoms with Gasteiger partial charge in [0, 0.05) is 30.5 Å². The van der Waals surface area contributed by atoms with Gasteiger partial charge in [-0.1, -0.05) is 109 Å². The molecule has 1 aromatic carbocycles. The number of thioether (sulfide) groups is 1. The molecule has 0 bridgehead atoms. The molecular weight excluding hydrogens is 442 g/mol. The first-order valence-corrected chi connectivity index (χ1v) is 14.7. The maximum absolute atomic E-state index is 12.6. The summed E-state index contributed by atoms with van der Waals surface area (Å²) in [5, 5.41) is 9.42. The predicted molar refractivity (Wildman–Crippen MR) is 146 cm³/mol. The van der Waals surface area contributed by atoms with E-state index in [1.165, 1.54) is 90.4 Å². The van der Waals surface area contributed by atoms with Gasteiger partial charge in [-0.15, -0.1) is 11.8 Å². The van der Waals surface area contributed by atoms with Crippen LogP contribution in [0.2, 0.25) is 0 Å². The molecule has 1 aliphatic rings. The number of hydrogen-bond donors (Lipinski definition) is 3. The molecule has 1 heterocycles. The first-order chi connectivity index (χ1) is 16.6. The number of benzene rings is 1. The molecule has 1 fully saturated rings. The van der Waals surface area contributed by atoms with Crippen LogP contribution in [0.25, 0.3) is 0 Å². The van der Waals surface area contributed by atoms with Gasteiger partial charge in [0.2, 0.25) is 11.8 Å². The van der Waals surface area contributed by atoms with E-state index in [1.807, 2.05) is 24.3 Å². The fourth-order valence-electron chi connectivity index (χ4n) is 4.49. The van der Waals surface area contributed by atoms with Crippen molar-refractivity contribution in [2.24, 2.45) is 0 Å². The highest BCUT2D eigenvalue weighted by molar-refractivity contribution is 7.99. The number of hydrogen-bond acceptors (Lipinski definition) is 4. The number of unbranched alkanes of at least 4 members (excludes halogenated alkanes) is 13. The van der Waals surface area contributed by atoms with Crippen LogP contribution in [0.3, 0.4) is 0 Å². The average molecular weight is 490 g/mol. The molecule has 2 amide bonds. The Balaban J connectivity index is 1.47. The quantitative estimate of drug-likeness (QED) is 0.195. The Bertz CT molecular complexity index is 713. The SMILES string of the molecule is CCCCCCCCCCCCCCCCNC(=O)[C@H]1CSC(c2ccccc2NC(C)=O)N1. The standard InChI is InChI=1S/C28H47N3O2S/c1-3-4-5-6-7-8-9-10-11-12-13-14-15-18-21-29-27(33)26-22-34-28(31-26)24-19-16-17-20-25(24)30-23(2)32/h16-17,19-20,26,28,31H,3-15,18,21-22H2,1-2H3,(H,29,33)(H,30,32)/t26-,28?/m1/s1. The van der Waals surface area contributed by atoms with E-state index in [9.17, 15) is 9.59 Å². The minimum Gasteiger partial charge on any atom is -0.355 e. The minimum atomic E-state index is -0.188. The van der Waals surface area contributed by atoms with Crippen LogP contribution in [0, 0.1) is 0 Å². The third-order valence-corrected chi connectivity index (χ3v) is 7.73. The maximum atomic E-state index is 12.6. The van der Waals surface area contributed by atoms with Crippen molar-refractivity contribution >= 4 is 29.3 Å². The lowest BCUT2D eigenvalue weighted by atomic mass is 10.0. The molecule has 1 aromatic rings. The van der Waals surface area contributed by atoms with Crippen LogP contribution in [-0.4, -0.2) is 30.2 Å². The summed E-state index contributed by atoms with van der Waals surface area (Å²) in [6.07, 6.45) is 18.8. The molecule has 5 nitrogen and oxygen atoms in total. The molecule has 2 rings (SSSR count). The van der Waals surface area contributed by atoms with Crippen LogP contribution in [0.1, 0.15) is 115 Å². The van der Waals surface area contributed by atoms with Crippen molar-refractivity contribution in [3.63, 3.8) is 0 Å². The van der Waals surface area contributed by atoms with Gasteiger partial charge >= 0.3 is 0 Å². The number of para-hydroxylation sites is 1. The van der Waals surface area contributed by atoms with Gasteiger partial charge in [-0.05, 0) is 12.5 Å². The maximum Gasteiger partial charge on any atom is 0.238 e. The van der Waals surface area contributed by atoms with Gasteiger partial charge in [-0.25, -0.2) is 0 Å². The topological polar surface area (TPSA) is 70.2 Å². The van der Waals surface area contributed by atoms with Crippen LogP contribution < -0.4 is 16.0 Å². The number of carbonyl (C=O) groups excluding carboxylic acids is 2. The Kier molecular flexibility index (Phi) is 15.1. The minimum absolute atomic E-state index is 0.0138. The van der Waals surface area contributed by atoms with Crippen molar-refractivity contribution in [2.45, 2.75) is 115 Å². The van der Waals surface area contributed by atoms with E-state index in [0.29, 0.717) is 0 Å². The van der Waals surface area contributed by atoms with E-state index < -0.39 is 0 Å². The van der Waals surface area contributed by atoms with Gasteiger partial charge in [0.05, 0.1) is 11.4 Å². The van der Waals surface area contributed by atoms with E-state index in [0.717, 1.165) is 30.0 Å². The molecule has 6 heteroatoms. The lowest BCUT2D eigenvalue weighted by Crippen LogP contribution is -2.42. The van der Waals surface area contributed by atoms with E-state index in [-0.39, 0.29) is 23.2 Å². The number of amides is 2. The largest absolute Gasteiger partial charge is 0.355 e. The summed E-state index contributed by atoms with van der Waals surface area (Å²) in [6, 6.07) is 7.60. The second-order valence-corrected chi connectivity index (χ2v) is 10.7. The predicted octanol–water partition coefficient (Wildman–Crippen LogP) is 6.95. The Morgan fingerprint density at radius 1 is 0.882 bits per heavy atom. The highest BCUT2D eigenvalue weighted by Crippen LogP contribution is 2.36. The summed E-state index contributed by atoms with van der Waals surface area (Å²) in [6.45, 7) is 4.55. The summed E-state index contributed by atoms with van der Waals surface area (Å²) in [7, 11) is 0. The highest BCUT2D eigenvalue weighted by Gasteiger charge is 2.31. The average Bonchev–Trinajstić information content (AvgIpc) is 3.32. The van der Waals surface area contributed by atoms with Crippen LogP contribution in [0.15, 0.2) is 24.3 Å². The summed E-state index contributed by atoms with van der Waals surface area (Å²) in [5.74, 6) is 0.739. The molecule has 0 aliphatic carbocycles. The zero-order valence-corrected chi connectivity index (χ0v) is 22.3. The molecule has 0 saturated carbocycles. The summed E-state index contributed by atoms with van der Waals surface area (Å²) in [5.41, 5.74) is 1.83. The van der Waals surface area contributed by atoms with Gasteiger partial charge < -0.3 is 10.6 Å². The van der Waals surface area contributed by atoms with Crippen molar-refractivity contribution in [3.05, 3.63) is 29.8 Å². The molecule has 2 atom stereocenters. The Morgan fingerprint density at radius 3 is 2.03 bits per heavy atom. The van der Waals surface area contributed by atoms with E-state index in [4.69, 9.17) is 0 Å². The molecule has 1 saturated heterocycles. The van der Waals surface area contributed by atoms with Crippen LogP contribution in [0.4, 0.5) is 5.69 Å². The van der Waals surface area contributed by atoms with Gasteiger partial charge in [0.15, 0.2) is 0 Å². The van der Waals surface area contributed by atoms with E-state index in [1.54, 1.807) is 11.8 Å². The number of anilines is 1. The third-order valence-electron chi connectivity index (χ3n) is 6.48. The van der Waals surface area contributed by atoms with Crippen LogP contribution in [-0.2, 0) is 9.59 Å². The Hall–Kier alpha value is -1.53. The van der Waals surface area contributed by atoms with Crippen LogP contribution in [0.5, 0.6) is 0 Å². The molecule has 1 aliphatic heterocycles. The summed E-state index contributed by atoms with van der Waals surface area (Å²) >= 11 is 1.71. The lowest BCUT2D eigenvalue weighted by molar-refractivity contribution is -0.122. The molecule has 192 valence electrons. The zero-order valence-electron chi connectivity index (χ0n) is 21.5. The summed E-state index contributed by atoms with van der Waals surface area (Å²) in [4.78, 5) is 24.0. The zero-order chi connectivity index (χ0) is 24.4. The first kappa shape index (κ1) is 28.7. The molecular formula is C28H47N3O2S. The Morgan fingerprint density at radius 2 is 1.44 bits per heavy atom. The Labute approximate surface area is 212 Å². The second kappa shape index (κ2) is 17.8. The van der Waals surface area contributed by atoms with E-state index in [2.05, 4.69) is 22.9 Å². The van der Waals surface area contributed by atoms with Gasteiger partial charge in [-0.2, -0.15) is 0 Å². The third kappa shape index (κ3) is 11.7. The lowest BCUT2D eigenvalue weighted by Gasteiger charge is -2.17. The normalized spacial score (nSPS) is 17.6. The molecule has 0 radical (unpaired) electrons. The van der Waals surface area contributed by atoms with Crippen molar-refractivity contribution in [3.8, 4) is 0 Å². The molecule has 0 spiro atoms. The fourth-order valence-corrected chi connectivity index (χ4v) is 5.76. The highest BCUT2D eigenvalue weighted by atomic mass is 32.2. The van der Waals surface area contributed by atoms with Crippen molar-refractivity contribution in [1.82, 2.24) is 10.6 Å². The van der Waals surface area contributed by atoms with Crippen molar-refractivity contribution in [1.29, 1.82) is 0 Å². The monoisotopic (exact) mass is 489 g/mol. The van der Waals surface area contributed by atoms with Gasteiger partial charge in [0.25, 0.3) is 0 Å². The molecule has 3 N–H and O–H groups in total. The second-order valence-electron chi connectivity index (χ2n) is 9.59. The number of rotatable bonds is 18.